The van der Waals surface area contributed by atoms with Crippen molar-refractivity contribution in [1.82, 2.24) is 4.98 Å². The van der Waals surface area contributed by atoms with Crippen molar-refractivity contribution < 1.29 is 17.6 Å². The monoisotopic (exact) mass is 194 g/mol. The molecule has 0 aliphatic heterocycles. The number of nitrogens with two attached hydrogens (primary N) is 1. The summed E-state index contributed by atoms with van der Waals surface area (Å²) < 4.78 is 48.7. The molecule has 1 aromatic heterocycles. The molecule has 0 radical (unpaired) electrons. The highest BCUT2D eigenvalue weighted by molar-refractivity contribution is 5.16. The zero-order valence-corrected chi connectivity index (χ0v) is 6.35. The molecule has 2 nitrogen and oxygen atoms in total. The number of hydrogen-bond acceptors (Lipinski definition) is 2. The fraction of sp³-hybridized carbons (Fsp3) is 0.286. The Balaban J connectivity index is 3.02. The predicted octanol–water partition coefficient (Wildman–Crippen LogP) is 1.78. The van der Waals surface area contributed by atoms with E-state index < -0.39 is 23.7 Å². The van der Waals surface area contributed by atoms with E-state index in [0.717, 1.165) is 12.3 Å². The Kier molecular flexibility index (Phi) is 2.51. The minimum atomic E-state index is -4.65. The first-order valence-electron chi connectivity index (χ1n) is 3.35. The van der Waals surface area contributed by atoms with Crippen molar-refractivity contribution in [2.75, 3.05) is 0 Å². The van der Waals surface area contributed by atoms with Crippen LogP contribution >= 0.6 is 0 Å². The number of rotatable bonds is 1. The van der Waals surface area contributed by atoms with Crippen LogP contribution in [0.3, 0.4) is 0 Å². The Bertz CT molecular complexity index is 297. The van der Waals surface area contributed by atoms with Crippen LogP contribution in [0.25, 0.3) is 0 Å². The van der Waals surface area contributed by atoms with Crippen molar-refractivity contribution in [3.8, 4) is 0 Å². The highest BCUT2D eigenvalue weighted by Crippen LogP contribution is 2.30. The first kappa shape index (κ1) is 9.91. The highest BCUT2D eigenvalue weighted by Gasteiger charge is 2.39. The summed E-state index contributed by atoms with van der Waals surface area (Å²) in [4.78, 5) is 3.07. The second-order valence-corrected chi connectivity index (χ2v) is 2.40. The van der Waals surface area contributed by atoms with Crippen molar-refractivity contribution in [3.05, 3.63) is 29.8 Å². The molecule has 6 heteroatoms. The second-order valence-electron chi connectivity index (χ2n) is 2.40. The maximum Gasteiger partial charge on any atom is 0.407 e. The lowest BCUT2D eigenvalue weighted by atomic mass is 10.1. The van der Waals surface area contributed by atoms with Gasteiger partial charge in [0, 0.05) is 11.8 Å². The quantitative estimate of drug-likeness (QED) is 0.546. The lowest BCUT2D eigenvalue weighted by Gasteiger charge is -2.15. The number of alkyl halides is 3. The molecule has 0 unspecified atom stereocenters. The molecule has 0 bridgehead atoms. The SMILES string of the molecule is N[C@H](c1cccnc1F)C(F)(F)F. The van der Waals surface area contributed by atoms with Gasteiger partial charge < -0.3 is 5.73 Å². The predicted molar refractivity (Wildman–Crippen MR) is 37.2 cm³/mol. The first-order chi connectivity index (χ1) is 5.93. The Morgan fingerprint density at radius 3 is 2.46 bits per heavy atom. The van der Waals surface area contributed by atoms with Crippen LogP contribution in [0.4, 0.5) is 17.6 Å². The summed E-state index contributed by atoms with van der Waals surface area (Å²) in [5.74, 6) is -1.19. The van der Waals surface area contributed by atoms with Crippen molar-refractivity contribution in [2.45, 2.75) is 12.2 Å². The molecule has 1 aromatic rings. The molecule has 0 amide bonds. The Labute approximate surface area is 71.4 Å². The van der Waals surface area contributed by atoms with Gasteiger partial charge in [0.15, 0.2) is 0 Å². The number of nitrogens with zero attached hydrogens (tertiary/aromatic N) is 1. The normalized spacial score (nSPS) is 14.2. The summed E-state index contributed by atoms with van der Waals surface area (Å²) in [5.41, 5.74) is 4.12. The summed E-state index contributed by atoms with van der Waals surface area (Å²) in [6.45, 7) is 0. The first-order valence-corrected chi connectivity index (χ1v) is 3.35. The number of hydrogen-bond donors (Lipinski definition) is 1. The van der Waals surface area contributed by atoms with Crippen LogP contribution < -0.4 is 5.73 Å². The molecule has 13 heavy (non-hydrogen) atoms. The van der Waals surface area contributed by atoms with E-state index in [4.69, 9.17) is 5.73 Å². The van der Waals surface area contributed by atoms with E-state index in [1.54, 1.807) is 0 Å². The van der Waals surface area contributed by atoms with Gasteiger partial charge in [-0.1, -0.05) is 6.07 Å². The van der Waals surface area contributed by atoms with E-state index in [2.05, 4.69) is 4.98 Å². The molecule has 1 heterocycles. The van der Waals surface area contributed by atoms with E-state index in [0.29, 0.717) is 0 Å². The average molecular weight is 194 g/mol. The maximum absolute atomic E-state index is 12.7. The van der Waals surface area contributed by atoms with Gasteiger partial charge in [-0.15, -0.1) is 0 Å². The third kappa shape index (κ3) is 2.15. The molecule has 1 rings (SSSR count). The molecular formula is C7H6F4N2. The molecular weight excluding hydrogens is 188 g/mol. The molecule has 1 atom stereocenters. The smallest absolute Gasteiger partial charge is 0.316 e. The summed E-state index contributed by atoms with van der Waals surface area (Å²) in [5, 5.41) is 0. The van der Waals surface area contributed by atoms with Crippen molar-refractivity contribution in [2.24, 2.45) is 5.73 Å². The summed E-state index contributed by atoms with van der Waals surface area (Å²) in [7, 11) is 0. The second kappa shape index (κ2) is 3.29. The van der Waals surface area contributed by atoms with E-state index in [1.807, 2.05) is 0 Å². The average Bonchev–Trinajstić information content (AvgIpc) is 2.02. The number of pyridine rings is 1. The molecule has 0 fully saturated rings. The molecule has 0 aliphatic rings. The van der Waals surface area contributed by atoms with Crippen molar-refractivity contribution in [3.63, 3.8) is 0 Å². The van der Waals surface area contributed by atoms with E-state index in [1.165, 1.54) is 6.07 Å². The van der Waals surface area contributed by atoms with Crippen LogP contribution in [0.2, 0.25) is 0 Å². The van der Waals surface area contributed by atoms with Gasteiger partial charge in [0.25, 0.3) is 0 Å². The molecule has 0 spiro atoms. The molecule has 2 N–H and O–H groups in total. The minimum absolute atomic E-state index is 0.644. The Morgan fingerprint density at radius 1 is 1.38 bits per heavy atom. The summed E-state index contributed by atoms with van der Waals surface area (Å²) in [6, 6.07) is -0.161. The van der Waals surface area contributed by atoms with Crippen LogP contribution in [-0.2, 0) is 0 Å². The van der Waals surface area contributed by atoms with Gasteiger partial charge in [0.05, 0.1) is 0 Å². The fourth-order valence-electron chi connectivity index (χ4n) is 0.807. The van der Waals surface area contributed by atoms with Crippen molar-refractivity contribution in [1.29, 1.82) is 0 Å². The minimum Gasteiger partial charge on any atom is -0.316 e. The van der Waals surface area contributed by atoms with Crippen molar-refractivity contribution >= 4 is 0 Å². The summed E-state index contributed by atoms with van der Waals surface area (Å²) >= 11 is 0. The van der Waals surface area contributed by atoms with Gasteiger partial charge >= 0.3 is 6.18 Å². The molecule has 0 saturated heterocycles. The zero-order valence-electron chi connectivity index (χ0n) is 6.35. The van der Waals surface area contributed by atoms with Crippen LogP contribution in [-0.4, -0.2) is 11.2 Å². The van der Waals surface area contributed by atoms with Crippen LogP contribution in [0, 0.1) is 5.95 Å². The third-order valence-corrected chi connectivity index (χ3v) is 1.48. The Morgan fingerprint density at radius 2 is 2.00 bits per heavy atom. The number of aromatic nitrogens is 1. The van der Waals surface area contributed by atoms with Gasteiger partial charge in [-0.25, -0.2) is 4.98 Å². The van der Waals surface area contributed by atoms with E-state index >= 15 is 0 Å². The topological polar surface area (TPSA) is 38.9 Å². The zero-order chi connectivity index (χ0) is 10.1. The molecule has 72 valence electrons. The van der Waals surface area contributed by atoms with Gasteiger partial charge in [-0.3, -0.25) is 0 Å². The summed E-state index contributed by atoms with van der Waals surface area (Å²) in [6.07, 6.45) is -3.59. The molecule has 0 saturated carbocycles. The third-order valence-electron chi connectivity index (χ3n) is 1.48. The largest absolute Gasteiger partial charge is 0.407 e. The van der Waals surface area contributed by atoms with Crippen LogP contribution in [0.15, 0.2) is 18.3 Å². The van der Waals surface area contributed by atoms with Gasteiger partial charge in [0.2, 0.25) is 5.95 Å². The van der Waals surface area contributed by atoms with Crippen LogP contribution in [0.5, 0.6) is 0 Å². The van der Waals surface area contributed by atoms with E-state index in [-0.39, 0.29) is 0 Å². The molecule has 0 aliphatic carbocycles. The molecule has 0 aromatic carbocycles. The van der Waals surface area contributed by atoms with Gasteiger partial charge in [-0.05, 0) is 6.07 Å². The lowest BCUT2D eigenvalue weighted by molar-refractivity contribution is -0.149. The lowest BCUT2D eigenvalue weighted by Crippen LogP contribution is -2.29. The maximum atomic E-state index is 12.7. The van der Waals surface area contributed by atoms with E-state index in [9.17, 15) is 17.6 Å². The van der Waals surface area contributed by atoms with Crippen LogP contribution in [0.1, 0.15) is 11.6 Å². The standard InChI is InChI=1S/C7H6F4N2/c8-6-4(2-1-3-13-6)5(12)7(9,10)11/h1-3,5H,12H2/t5-/m1/s1. The van der Waals surface area contributed by atoms with Gasteiger partial charge in [0.1, 0.15) is 6.04 Å². The number of halogens is 4. The van der Waals surface area contributed by atoms with Gasteiger partial charge in [-0.2, -0.15) is 17.6 Å². The highest BCUT2D eigenvalue weighted by atomic mass is 19.4. The Hall–Kier alpha value is -1.17. The fourth-order valence-corrected chi connectivity index (χ4v) is 0.807.